The summed E-state index contributed by atoms with van der Waals surface area (Å²) in [5.74, 6) is -0.322. The summed E-state index contributed by atoms with van der Waals surface area (Å²) in [7, 11) is 1.66. The van der Waals surface area contributed by atoms with Gasteiger partial charge in [0.1, 0.15) is 5.82 Å². The van der Waals surface area contributed by atoms with Crippen LogP contribution in [0.2, 0.25) is 0 Å². The molecule has 0 aromatic heterocycles. The topological polar surface area (TPSA) is 55.6 Å². The highest BCUT2D eigenvalue weighted by molar-refractivity contribution is 5.94. The second-order valence-electron chi connectivity index (χ2n) is 4.95. The Morgan fingerprint density at radius 2 is 2.37 bits per heavy atom. The first-order valence-electron chi connectivity index (χ1n) is 6.45. The molecule has 1 amide bonds. The molecule has 0 saturated carbocycles. The first-order valence-corrected chi connectivity index (χ1v) is 6.45. The number of carbonyl (C=O) groups is 1. The number of amides is 1. The molecule has 19 heavy (non-hydrogen) atoms. The van der Waals surface area contributed by atoms with Gasteiger partial charge in [-0.25, -0.2) is 4.39 Å². The lowest BCUT2D eigenvalue weighted by Crippen LogP contribution is -2.41. The molecule has 1 saturated heterocycles. The normalized spacial score (nSPS) is 19.5. The molecule has 0 radical (unpaired) electrons. The first kappa shape index (κ1) is 13.8. The van der Waals surface area contributed by atoms with Crippen LogP contribution in [0.1, 0.15) is 23.2 Å². The highest BCUT2D eigenvalue weighted by Gasteiger charge is 2.24. The van der Waals surface area contributed by atoms with Crippen LogP contribution in [0.4, 0.5) is 10.1 Å². The fourth-order valence-corrected chi connectivity index (χ4v) is 2.46. The Balaban J connectivity index is 2.08. The number of anilines is 1. The van der Waals surface area contributed by atoms with E-state index in [1.165, 1.54) is 12.1 Å². The summed E-state index contributed by atoms with van der Waals surface area (Å²) >= 11 is 0. The van der Waals surface area contributed by atoms with Crippen molar-refractivity contribution < 1.29 is 13.9 Å². The molecule has 1 aromatic carbocycles. The molecular formula is C14H19FN2O2. The van der Waals surface area contributed by atoms with Gasteiger partial charge in [-0.15, -0.1) is 0 Å². The van der Waals surface area contributed by atoms with E-state index in [0.29, 0.717) is 31.2 Å². The van der Waals surface area contributed by atoms with Gasteiger partial charge in [0.15, 0.2) is 0 Å². The SMILES string of the molecule is COCC1CCCN(C(=O)c2ccc(N)c(F)c2)C1. The molecule has 5 heteroatoms. The predicted octanol–water partition coefficient (Wildman–Crippen LogP) is 1.91. The molecule has 1 aromatic rings. The molecule has 2 N–H and O–H groups in total. The Hall–Kier alpha value is -1.62. The summed E-state index contributed by atoms with van der Waals surface area (Å²) < 4.78 is 18.5. The maximum atomic E-state index is 13.4. The van der Waals surface area contributed by atoms with Crippen molar-refractivity contribution in [2.45, 2.75) is 12.8 Å². The fourth-order valence-electron chi connectivity index (χ4n) is 2.46. The average Bonchev–Trinajstić information content (AvgIpc) is 2.42. The molecule has 1 atom stereocenters. The van der Waals surface area contributed by atoms with Gasteiger partial charge in [-0.1, -0.05) is 0 Å². The number of nitrogens with two attached hydrogens (primary N) is 1. The number of nitrogen functional groups attached to an aromatic ring is 1. The number of carbonyl (C=O) groups excluding carboxylic acids is 1. The molecule has 4 nitrogen and oxygen atoms in total. The minimum atomic E-state index is -0.545. The van der Waals surface area contributed by atoms with Crippen molar-refractivity contribution in [2.24, 2.45) is 5.92 Å². The van der Waals surface area contributed by atoms with Crippen LogP contribution >= 0.6 is 0 Å². The molecule has 2 rings (SSSR count). The third kappa shape index (κ3) is 3.23. The highest BCUT2D eigenvalue weighted by Crippen LogP contribution is 2.20. The molecule has 0 aliphatic carbocycles. The number of nitrogens with zero attached hydrogens (tertiary/aromatic N) is 1. The number of benzene rings is 1. The van der Waals surface area contributed by atoms with Crippen molar-refractivity contribution in [3.8, 4) is 0 Å². The van der Waals surface area contributed by atoms with Crippen LogP contribution in [-0.4, -0.2) is 37.6 Å². The minimum absolute atomic E-state index is 0.0625. The predicted molar refractivity (Wildman–Crippen MR) is 71.3 cm³/mol. The van der Waals surface area contributed by atoms with E-state index in [9.17, 15) is 9.18 Å². The van der Waals surface area contributed by atoms with Crippen LogP contribution in [0.3, 0.4) is 0 Å². The third-order valence-corrected chi connectivity index (χ3v) is 3.46. The zero-order chi connectivity index (χ0) is 13.8. The number of hydrogen-bond donors (Lipinski definition) is 1. The maximum Gasteiger partial charge on any atom is 0.253 e. The molecule has 1 unspecified atom stereocenters. The fraction of sp³-hybridized carbons (Fsp3) is 0.500. The van der Waals surface area contributed by atoms with Gasteiger partial charge in [0.2, 0.25) is 0 Å². The van der Waals surface area contributed by atoms with Gasteiger partial charge in [-0.2, -0.15) is 0 Å². The molecule has 0 bridgehead atoms. The van der Waals surface area contributed by atoms with Crippen molar-refractivity contribution in [3.05, 3.63) is 29.6 Å². The van der Waals surface area contributed by atoms with Gasteiger partial charge in [0.25, 0.3) is 5.91 Å². The zero-order valence-electron chi connectivity index (χ0n) is 11.1. The van der Waals surface area contributed by atoms with Crippen molar-refractivity contribution in [1.29, 1.82) is 0 Å². The average molecular weight is 266 g/mol. The number of halogens is 1. The lowest BCUT2D eigenvalue weighted by atomic mass is 9.98. The van der Waals surface area contributed by atoms with Crippen LogP contribution in [-0.2, 0) is 4.74 Å². The molecule has 1 heterocycles. The van der Waals surface area contributed by atoms with Crippen molar-refractivity contribution in [3.63, 3.8) is 0 Å². The maximum absolute atomic E-state index is 13.4. The van der Waals surface area contributed by atoms with E-state index in [1.807, 2.05) is 0 Å². The second kappa shape index (κ2) is 6.02. The number of piperidine rings is 1. The lowest BCUT2D eigenvalue weighted by molar-refractivity contribution is 0.0570. The Labute approximate surface area is 112 Å². The lowest BCUT2D eigenvalue weighted by Gasteiger charge is -2.32. The smallest absolute Gasteiger partial charge is 0.253 e. The Kier molecular flexibility index (Phi) is 4.37. The number of likely N-dealkylation sites (tertiary alicyclic amines) is 1. The van der Waals surface area contributed by atoms with Crippen LogP contribution in [0, 0.1) is 11.7 Å². The van der Waals surface area contributed by atoms with E-state index in [2.05, 4.69) is 0 Å². The molecule has 1 aliphatic heterocycles. The summed E-state index contributed by atoms with van der Waals surface area (Å²) in [6, 6.07) is 4.21. The van der Waals surface area contributed by atoms with E-state index in [-0.39, 0.29) is 11.6 Å². The largest absolute Gasteiger partial charge is 0.396 e. The highest BCUT2D eigenvalue weighted by atomic mass is 19.1. The molecule has 0 spiro atoms. The summed E-state index contributed by atoms with van der Waals surface area (Å²) in [5, 5.41) is 0. The first-order chi connectivity index (χ1) is 9.11. The Morgan fingerprint density at radius 1 is 1.58 bits per heavy atom. The van der Waals surface area contributed by atoms with Crippen LogP contribution in [0.25, 0.3) is 0 Å². The molecule has 1 aliphatic rings. The van der Waals surface area contributed by atoms with E-state index in [4.69, 9.17) is 10.5 Å². The number of rotatable bonds is 3. The quantitative estimate of drug-likeness (QED) is 0.850. The summed E-state index contributed by atoms with van der Waals surface area (Å²) in [6.07, 6.45) is 2.02. The van der Waals surface area contributed by atoms with E-state index >= 15 is 0 Å². The number of hydrogen-bond acceptors (Lipinski definition) is 3. The van der Waals surface area contributed by atoms with Gasteiger partial charge in [0, 0.05) is 25.8 Å². The summed E-state index contributed by atoms with van der Waals surface area (Å²) in [4.78, 5) is 14.1. The monoisotopic (exact) mass is 266 g/mol. The van der Waals surface area contributed by atoms with Crippen LogP contribution in [0.15, 0.2) is 18.2 Å². The van der Waals surface area contributed by atoms with E-state index < -0.39 is 5.82 Å². The summed E-state index contributed by atoms with van der Waals surface area (Å²) in [5.41, 5.74) is 5.83. The van der Waals surface area contributed by atoms with Crippen molar-refractivity contribution in [1.82, 2.24) is 4.90 Å². The van der Waals surface area contributed by atoms with Crippen LogP contribution in [0.5, 0.6) is 0 Å². The second-order valence-corrected chi connectivity index (χ2v) is 4.95. The van der Waals surface area contributed by atoms with Gasteiger partial charge in [-0.05, 0) is 37.0 Å². The molecule has 1 fully saturated rings. The third-order valence-electron chi connectivity index (χ3n) is 3.46. The van der Waals surface area contributed by atoms with E-state index in [1.54, 1.807) is 18.1 Å². The standard InChI is InChI=1S/C14H19FN2O2/c1-19-9-10-3-2-6-17(8-10)14(18)11-4-5-13(16)12(15)7-11/h4-5,7,10H,2-3,6,8-9,16H2,1H3. The van der Waals surface area contributed by atoms with Gasteiger partial charge in [-0.3, -0.25) is 4.79 Å². The summed E-state index contributed by atoms with van der Waals surface area (Å²) in [6.45, 7) is 2.03. The van der Waals surface area contributed by atoms with Gasteiger partial charge in [0.05, 0.1) is 12.3 Å². The minimum Gasteiger partial charge on any atom is -0.396 e. The van der Waals surface area contributed by atoms with E-state index in [0.717, 1.165) is 12.8 Å². The Morgan fingerprint density at radius 3 is 3.05 bits per heavy atom. The molecular weight excluding hydrogens is 247 g/mol. The Bertz CT molecular complexity index is 463. The zero-order valence-corrected chi connectivity index (χ0v) is 11.1. The van der Waals surface area contributed by atoms with Gasteiger partial charge >= 0.3 is 0 Å². The van der Waals surface area contributed by atoms with Crippen molar-refractivity contribution in [2.75, 3.05) is 32.5 Å². The van der Waals surface area contributed by atoms with Gasteiger partial charge < -0.3 is 15.4 Å². The van der Waals surface area contributed by atoms with Crippen molar-refractivity contribution >= 4 is 11.6 Å². The molecule has 104 valence electrons. The van der Waals surface area contributed by atoms with Crippen LogP contribution < -0.4 is 5.73 Å². The number of methoxy groups -OCH3 is 1. The number of ether oxygens (including phenoxy) is 1.